The summed E-state index contributed by atoms with van der Waals surface area (Å²) in [5, 5.41) is 9.37. The monoisotopic (exact) mass is 368 g/mol. The number of hydrogen-bond acceptors (Lipinski definition) is 6. The lowest BCUT2D eigenvalue weighted by Gasteiger charge is -2.20. The Morgan fingerprint density at radius 3 is 2.59 bits per heavy atom. The van der Waals surface area contributed by atoms with E-state index >= 15 is 0 Å². The van der Waals surface area contributed by atoms with Crippen molar-refractivity contribution in [3.05, 3.63) is 59.9 Å². The first-order chi connectivity index (χ1) is 13.1. The van der Waals surface area contributed by atoms with Gasteiger partial charge in [0.25, 0.3) is 11.8 Å². The van der Waals surface area contributed by atoms with Crippen molar-refractivity contribution < 1.29 is 18.7 Å². The number of anilines is 1. The van der Waals surface area contributed by atoms with Crippen LogP contribution in [0.3, 0.4) is 0 Å². The minimum absolute atomic E-state index is 0.193. The number of carbonyl (C=O) groups excluding carboxylic acids is 2. The van der Waals surface area contributed by atoms with Crippen LogP contribution in [0.4, 0.5) is 10.1 Å². The third kappa shape index (κ3) is 3.03. The maximum Gasteiger partial charge on any atom is 0.263 e. The van der Waals surface area contributed by atoms with Crippen molar-refractivity contribution in [3.8, 4) is 5.75 Å². The maximum absolute atomic E-state index is 13.4. The average molecular weight is 368 g/mol. The zero-order valence-corrected chi connectivity index (χ0v) is 14.6. The number of fused-ring (bicyclic) bond motifs is 1. The third-order valence-electron chi connectivity index (χ3n) is 4.50. The summed E-state index contributed by atoms with van der Waals surface area (Å²) in [5.41, 5.74) is 1.11. The Morgan fingerprint density at radius 1 is 1.11 bits per heavy atom. The van der Waals surface area contributed by atoms with Gasteiger partial charge in [-0.3, -0.25) is 14.6 Å². The van der Waals surface area contributed by atoms with E-state index < -0.39 is 23.9 Å². The van der Waals surface area contributed by atoms with Crippen LogP contribution < -0.4 is 9.64 Å². The van der Waals surface area contributed by atoms with Crippen molar-refractivity contribution in [2.45, 2.75) is 25.6 Å². The van der Waals surface area contributed by atoms with Gasteiger partial charge < -0.3 is 4.74 Å². The summed E-state index contributed by atoms with van der Waals surface area (Å²) >= 11 is 0. The molecule has 4 rings (SSSR count). The van der Waals surface area contributed by atoms with Crippen LogP contribution in [0.25, 0.3) is 0 Å². The zero-order valence-electron chi connectivity index (χ0n) is 14.6. The fourth-order valence-electron chi connectivity index (χ4n) is 3.29. The van der Waals surface area contributed by atoms with Crippen LogP contribution in [0.2, 0.25) is 0 Å². The largest absolute Gasteiger partial charge is 0.494 e. The molecule has 2 atom stereocenters. The molecule has 2 aliphatic heterocycles. The molecular weight excluding hydrogens is 351 g/mol. The van der Waals surface area contributed by atoms with Gasteiger partial charge in [0, 0.05) is 0 Å². The van der Waals surface area contributed by atoms with Crippen molar-refractivity contribution in [2.24, 2.45) is 10.3 Å². The highest BCUT2D eigenvalue weighted by Crippen LogP contribution is 2.33. The highest BCUT2D eigenvalue weighted by atomic mass is 19.1. The van der Waals surface area contributed by atoms with E-state index in [1.54, 1.807) is 36.4 Å². The second kappa shape index (κ2) is 6.79. The number of carbonyl (C=O) groups is 2. The van der Waals surface area contributed by atoms with Crippen LogP contribution in [0.15, 0.2) is 58.9 Å². The van der Waals surface area contributed by atoms with Gasteiger partial charge in [-0.15, -0.1) is 0 Å². The van der Waals surface area contributed by atoms with E-state index in [1.165, 1.54) is 17.1 Å². The van der Waals surface area contributed by atoms with Gasteiger partial charge in [0.1, 0.15) is 11.6 Å². The molecule has 1 saturated heterocycles. The molecule has 7 nitrogen and oxygen atoms in total. The number of imide groups is 1. The summed E-state index contributed by atoms with van der Waals surface area (Å²) in [7, 11) is 0. The number of amides is 2. The van der Waals surface area contributed by atoms with Crippen molar-refractivity contribution >= 4 is 17.5 Å². The fraction of sp³-hybridized carbons (Fsp3) is 0.263. The number of hydrogen-bond donors (Lipinski definition) is 0. The molecule has 0 bridgehead atoms. The molecule has 1 fully saturated rings. The molecule has 0 spiro atoms. The first kappa shape index (κ1) is 17.1. The maximum atomic E-state index is 13.4. The van der Waals surface area contributed by atoms with Crippen molar-refractivity contribution in [1.82, 2.24) is 5.01 Å². The van der Waals surface area contributed by atoms with Gasteiger partial charge in [-0.1, -0.05) is 17.4 Å². The molecule has 0 aliphatic carbocycles. The summed E-state index contributed by atoms with van der Waals surface area (Å²) in [4.78, 5) is 26.7. The second-order valence-corrected chi connectivity index (χ2v) is 6.26. The summed E-state index contributed by atoms with van der Waals surface area (Å²) in [6, 6.07) is 11.1. The van der Waals surface area contributed by atoms with Crippen LogP contribution in [0, 0.1) is 5.82 Å². The zero-order chi connectivity index (χ0) is 19.0. The molecule has 0 aromatic heterocycles. The molecule has 0 N–H and O–H groups in total. The first-order valence-corrected chi connectivity index (χ1v) is 8.61. The van der Waals surface area contributed by atoms with Gasteiger partial charge in [-0.25, -0.2) is 9.29 Å². The van der Waals surface area contributed by atoms with Crippen molar-refractivity contribution in [3.63, 3.8) is 0 Å². The number of nitrogens with zero attached hydrogens (tertiary/aromatic N) is 4. The molecule has 2 heterocycles. The first-order valence-electron chi connectivity index (χ1n) is 8.61. The SMILES string of the molecule is CCOc1ccc(N2C(=O)[C@H]3N=NN(Cc4cccc(F)c4)[C@H]3C2=O)cc1. The Balaban J connectivity index is 1.56. The van der Waals surface area contributed by atoms with Crippen LogP contribution in [-0.4, -0.2) is 35.5 Å². The van der Waals surface area contributed by atoms with E-state index in [1.807, 2.05) is 6.92 Å². The Bertz CT molecular complexity index is 915. The molecule has 2 amide bonds. The van der Waals surface area contributed by atoms with Crippen molar-refractivity contribution in [2.75, 3.05) is 11.5 Å². The molecule has 8 heteroatoms. The summed E-state index contributed by atoms with van der Waals surface area (Å²) in [5.74, 6) is -0.520. The number of rotatable bonds is 5. The molecule has 2 aliphatic rings. The summed E-state index contributed by atoms with van der Waals surface area (Å²) < 4.78 is 18.8. The van der Waals surface area contributed by atoms with Crippen LogP contribution >= 0.6 is 0 Å². The lowest BCUT2D eigenvalue weighted by atomic mass is 10.1. The second-order valence-electron chi connectivity index (χ2n) is 6.26. The van der Waals surface area contributed by atoms with Gasteiger partial charge in [0.2, 0.25) is 0 Å². The average Bonchev–Trinajstić information content (AvgIpc) is 3.17. The van der Waals surface area contributed by atoms with E-state index in [-0.39, 0.29) is 12.4 Å². The topological polar surface area (TPSA) is 74.6 Å². The molecule has 2 aromatic rings. The Kier molecular flexibility index (Phi) is 4.31. The minimum Gasteiger partial charge on any atom is -0.494 e. The molecule has 2 aromatic carbocycles. The third-order valence-corrected chi connectivity index (χ3v) is 4.50. The summed E-state index contributed by atoms with van der Waals surface area (Å²) in [6.07, 6.45) is 0. The van der Waals surface area contributed by atoms with Crippen LogP contribution in [0.1, 0.15) is 12.5 Å². The van der Waals surface area contributed by atoms with E-state index in [9.17, 15) is 14.0 Å². The minimum atomic E-state index is -0.877. The predicted molar refractivity (Wildman–Crippen MR) is 94.5 cm³/mol. The smallest absolute Gasteiger partial charge is 0.263 e. The van der Waals surface area contributed by atoms with Gasteiger partial charge >= 0.3 is 0 Å². The van der Waals surface area contributed by atoms with E-state index in [0.29, 0.717) is 23.6 Å². The highest BCUT2D eigenvalue weighted by molar-refractivity contribution is 6.25. The normalized spacial score (nSPS) is 21.1. The van der Waals surface area contributed by atoms with Gasteiger partial charge in [0.05, 0.1) is 18.8 Å². The van der Waals surface area contributed by atoms with E-state index in [4.69, 9.17) is 4.74 Å². The number of ether oxygens (including phenoxy) is 1. The van der Waals surface area contributed by atoms with E-state index in [2.05, 4.69) is 10.3 Å². The van der Waals surface area contributed by atoms with Crippen LogP contribution in [0.5, 0.6) is 5.75 Å². The molecule has 0 radical (unpaired) electrons. The van der Waals surface area contributed by atoms with Gasteiger partial charge in [0.15, 0.2) is 12.1 Å². The van der Waals surface area contributed by atoms with Crippen LogP contribution in [-0.2, 0) is 16.1 Å². The number of halogens is 1. The Morgan fingerprint density at radius 2 is 1.89 bits per heavy atom. The summed E-state index contributed by atoms with van der Waals surface area (Å²) in [6.45, 7) is 2.60. The predicted octanol–water partition coefficient (Wildman–Crippen LogP) is 2.72. The molecule has 27 heavy (non-hydrogen) atoms. The molecular formula is C19H17FN4O3. The Hall–Kier alpha value is -3.29. The molecule has 0 unspecified atom stereocenters. The molecule has 138 valence electrons. The lowest BCUT2D eigenvalue weighted by molar-refractivity contribution is -0.123. The fourth-order valence-corrected chi connectivity index (χ4v) is 3.29. The quantitative estimate of drug-likeness (QED) is 0.761. The molecule has 0 saturated carbocycles. The van der Waals surface area contributed by atoms with Gasteiger partial charge in [-0.05, 0) is 48.9 Å². The highest BCUT2D eigenvalue weighted by Gasteiger charge is 2.54. The van der Waals surface area contributed by atoms with Crippen molar-refractivity contribution in [1.29, 1.82) is 0 Å². The Labute approximate surface area is 155 Å². The lowest BCUT2D eigenvalue weighted by Crippen LogP contribution is -2.39. The standard InChI is InChI=1S/C19H17FN4O3/c1-2-27-15-8-6-14(7-9-15)24-18(25)16-17(19(24)26)23(22-21-16)11-12-4-3-5-13(20)10-12/h3-10,16-17H,2,11H2,1H3/t16-,17+/m0/s1. The van der Waals surface area contributed by atoms with E-state index in [0.717, 1.165) is 4.90 Å². The van der Waals surface area contributed by atoms with Gasteiger partial charge in [-0.2, -0.15) is 5.11 Å². The number of benzene rings is 2.